The quantitative estimate of drug-likeness (QED) is 0.314. The molecule has 5 heterocycles. The second-order valence-electron chi connectivity index (χ2n) is 12.3. The maximum Gasteiger partial charge on any atom is 0.319 e. The molecule has 0 radical (unpaired) electrons. The molecule has 4 fully saturated rings. The lowest BCUT2D eigenvalue weighted by molar-refractivity contribution is 0.0511. The van der Waals surface area contributed by atoms with Crippen LogP contribution in [0.5, 0.6) is 11.8 Å². The van der Waals surface area contributed by atoms with Crippen LogP contribution in [0, 0.1) is 5.82 Å². The second-order valence-corrected chi connectivity index (χ2v) is 12.7. The van der Waals surface area contributed by atoms with Crippen LogP contribution < -0.4 is 19.7 Å². The van der Waals surface area contributed by atoms with E-state index in [1.807, 2.05) is 7.05 Å². The Hall–Kier alpha value is -2.86. The highest BCUT2D eigenvalue weighted by Gasteiger charge is 2.49. The molecule has 3 aromatic rings. The first-order valence-corrected chi connectivity index (χ1v) is 15.5. The number of alkyl halides is 1. The lowest BCUT2D eigenvalue weighted by atomic mass is 9.95. The molecule has 9 nitrogen and oxygen atoms in total. The molecule has 1 aromatic carbocycles. The van der Waals surface area contributed by atoms with Crippen LogP contribution >= 0.6 is 11.6 Å². The van der Waals surface area contributed by atoms with Gasteiger partial charge in [0.2, 0.25) is 0 Å². The van der Waals surface area contributed by atoms with Crippen LogP contribution in [0.1, 0.15) is 50.0 Å². The number of nitrogens with zero attached hydrogens (tertiary/aromatic N) is 5. The lowest BCUT2D eigenvalue weighted by Crippen LogP contribution is -2.43. The van der Waals surface area contributed by atoms with E-state index >= 15 is 4.39 Å². The summed E-state index contributed by atoms with van der Waals surface area (Å²) in [5, 5.41) is 4.40. The number of ether oxygens (including phenoxy) is 3. The lowest BCUT2D eigenvalue weighted by Gasteiger charge is -2.31. The van der Waals surface area contributed by atoms with E-state index in [1.165, 1.54) is 7.11 Å². The number of likely N-dealkylation sites (N-methyl/N-ethyl adjacent to an activating group) is 1. The summed E-state index contributed by atoms with van der Waals surface area (Å²) in [4.78, 5) is 18.3. The van der Waals surface area contributed by atoms with Crippen molar-refractivity contribution in [1.82, 2.24) is 25.2 Å². The zero-order valence-electron chi connectivity index (χ0n) is 24.5. The van der Waals surface area contributed by atoms with Crippen LogP contribution in [0.2, 0.25) is 5.02 Å². The number of aromatic nitrogens is 3. The van der Waals surface area contributed by atoms with Crippen molar-refractivity contribution in [2.45, 2.75) is 62.2 Å². The molecule has 0 spiro atoms. The SMILES string of the molecule is COCOc1cc(Cl)c(C2CC2)c(-c2ncc3c(N(C)[C@@H]4CCNC4)nc(OC[C@@]45CCCN4C[C@H](F)C5)nc3c2F)c1. The minimum absolute atomic E-state index is 0.0356. The number of rotatable bonds is 10. The predicted molar refractivity (Wildman–Crippen MR) is 160 cm³/mol. The summed E-state index contributed by atoms with van der Waals surface area (Å²) in [6, 6.07) is 3.77. The van der Waals surface area contributed by atoms with Gasteiger partial charge in [-0.2, -0.15) is 9.97 Å². The van der Waals surface area contributed by atoms with Crippen LogP contribution in [0.25, 0.3) is 22.2 Å². The van der Waals surface area contributed by atoms with E-state index < -0.39 is 12.0 Å². The molecule has 3 atom stereocenters. The van der Waals surface area contributed by atoms with Gasteiger partial charge in [0, 0.05) is 56.5 Å². The monoisotopic (exact) mass is 614 g/mol. The van der Waals surface area contributed by atoms with Gasteiger partial charge in [0.05, 0.1) is 10.9 Å². The van der Waals surface area contributed by atoms with Gasteiger partial charge < -0.3 is 24.4 Å². The molecule has 3 saturated heterocycles. The van der Waals surface area contributed by atoms with Gasteiger partial charge in [-0.05, 0) is 68.8 Å². The van der Waals surface area contributed by atoms with Crippen molar-refractivity contribution in [1.29, 1.82) is 0 Å². The Balaban J connectivity index is 1.32. The fourth-order valence-corrected chi connectivity index (χ4v) is 7.48. The fraction of sp³-hybridized carbons (Fsp3) is 0.581. The molecule has 1 N–H and O–H groups in total. The number of anilines is 1. The van der Waals surface area contributed by atoms with Gasteiger partial charge in [0.1, 0.15) is 35.6 Å². The van der Waals surface area contributed by atoms with Crippen LogP contribution in [-0.4, -0.2) is 91.3 Å². The Kier molecular flexibility index (Phi) is 7.77. The van der Waals surface area contributed by atoms with Crippen molar-refractivity contribution in [3.63, 3.8) is 0 Å². The molecule has 0 unspecified atom stereocenters. The van der Waals surface area contributed by atoms with E-state index in [-0.39, 0.29) is 48.1 Å². The standard InChI is InChI=1S/C31H37ClF2N6O3/c1-39(20-6-8-35-13-20)29-23-14-36-27(22-10-21(43-17-41-2)11-24(32)25(22)18-4-5-18)26(34)28(23)37-30(38-29)42-16-31-7-3-9-40(31)15-19(33)12-31/h10-11,14,18-20,35H,3-9,12-13,15-17H2,1-2H3/t19-,20-,31+/m1/s1. The van der Waals surface area contributed by atoms with Gasteiger partial charge in [-0.25, -0.2) is 8.78 Å². The number of methoxy groups -OCH3 is 1. The zero-order chi connectivity index (χ0) is 29.7. The number of nitrogens with one attached hydrogen (secondary N) is 1. The Labute approximate surface area is 254 Å². The van der Waals surface area contributed by atoms with Gasteiger partial charge >= 0.3 is 6.01 Å². The van der Waals surface area contributed by atoms with E-state index in [4.69, 9.17) is 30.8 Å². The molecule has 2 aromatic heterocycles. The first-order chi connectivity index (χ1) is 20.9. The van der Waals surface area contributed by atoms with Crippen LogP contribution in [0.15, 0.2) is 18.3 Å². The smallest absolute Gasteiger partial charge is 0.319 e. The van der Waals surface area contributed by atoms with Gasteiger partial charge in [0.25, 0.3) is 0 Å². The van der Waals surface area contributed by atoms with Crippen molar-refractivity contribution < 1.29 is 23.0 Å². The third-order valence-corrected chi connectivity index (χ3v) is 9.79. The third-order valence-electron chi connectivity index (χ3n) is 9.48. The molecular weight excluding hydrogens is 578 g/mol. The number of hydrogen-bond donors (Lipinski definition) is 1. The summed E-state index contributed by atoms with van der Waals surface area (Å²) >= 11 is 6.73. The molecule has 4 aliphatic rings. The molecule has 43 heavy (non-hydrogen) atoms. The highest BCUT2D eigenvalue weighted by molar-refractivity contribution is 6.32. The Morgan fingerprint density at radius 3 is 2.84 bits per heavy atom. The maximum atomic E-state index is 16.7. The Morgan fingerprint density at radius 1 is 1.21 bits per heavy atom. The van der Waals surface area contributed by atoms with Crippen molar-refractivity contribution in [2.75, 3.05) is 58.6 Å². The maximum absolute atomic E-state index is 16.7. The molecule has 3 aliphatic heterocycles. The van der Waals surface area contributed by atoms with E-state index in [0.29, 0.717) is 40.5 Å². The highest BCUT2D eigenvalue weighted by atomic mass is 35.5. The summed E-state index contributed by atoms with van der Waals surface area (Å²) < 4.78 is 48.2. The average molecular weight is 615 g/mol. The second kappa shape index (κ2) is 11.6. The van der Waals surface area contributed by atoms with Crippen molar-refractivity contribution in [3.05, 3.63) is 34.7 Å². The first-order valence-electron chi connectivity index (χ1n) is 15.1. The molecule has 230 valence electrons. The summed E-state index contributed by atoms with van der Waals surface area (Å²) in [7, 11) is 3.49. The zero-order valence-corrected chi connectivity index (χ0v) is 25.3. The van der Waals surface area contributed by atoms with E-state index in [0.717, 1.165) is 57.3 Å². The predicted octanol–water partition coefficient (Wildman–Crippen LogP) is 5.10. The molecular formula is C31H37ClF2N6O3. The number of halogens is 3. The largest absolute Gasteiger partial charge is 0.467 e. The first kappa shape index (κ1) is 28.9. The number of fused-ring (bicyclic) bond motifs is 2. The Bertz CT molecular complexity index is 1520. The van der Waals surface area contributed by atoms with Crippen molar-refractivity contribution >= 4 is 28.3 Å². The minimum Gasteiger partial charge on any atom is -0.467 e. The van der Waals surface area contributed by atoms with Crippen LogP contribution in [-0.2, 0) is 4.74 Å². The van der Waals surface area contributed by atoms with Gasteiger partial charge in [0.15, 0.2) is 12.6 Å². The third kappa shape index (κ3) is 5.38. The number of benzene rings is 1. The fourth-order valence-electron chi connectivity index (χ4n) is 7.12. The molecule has 0 bridgehead atoms. The topological polar surface area (TPSA) is 84.9 Å². The van der Waals surface area contributed by atoms with Gasteiger partial charge in [-0.1, -0.05) is 11.6 Å². The van der Waals surface area contributed by atoms with Crippen molar-refractivity contribution in [2.24, 2.45) is 0 Å². The average Bonchev–Trinajstić information content (AvgIpc) is 3.38. The molecule has 0 amide bonds. The summed E-state index contributed by atoms with van der Waals surface area (Å²) in [5.41, 5.74) is 1.34. The van der Waals surface area contributed by atoms with Gasteiger partial charge in [-0.3, -0.25) is 9.88 Å². The van der Waals surface area contributed by atoms with E-state index in [1.54, 1.807) is 18.3 Å². The van der Waals surface area contributed by atoms with Crippen molar-refractivity contribution in [3.8, 4) is 23.0 Å². The Morgan fingerprint density at radius 2 is 2.07 bits per heavy atom. The summed E-state index contributed by atoms with van der Waals surface area (Å²) in [6.07, 6.45) is 5.93. The van der Waals surface area contributed by atoms with E-state index in [2.05, 4.69) is 25.1 Å². The highest BCUT2D eigenvalue weighted by Crippen LogP contribution is 2.49. The molecule has 1 saturated carbocycles. The van der Waals surface area contributed by atoms with E-state index in [9.17, 15) is 4.39 Å². The van der Waals surface area contributed by atoms with Crippen LogP contribution in [0.3, 0.4) is 0 Å². The van der Waals surface area contributed by atoms with Crippen LogP contribution in [0.4, 0.5) is 14.6 Å². The minimum atomic E-state index is -0.875. The normalized spacial score (nSPS) is 25.4. The van der Waals surface area contributed by atoms with Gasteiger partial charge in [-0.15, -0.1) is 0 Å². The molecule has 7 rings (SSSR count). The number of pyridine rings is 1. The summed E-state index contributed by atoms with van der Waals surface area (Å²) in [6.45, 7) is 3.26. The molecule has 12 heteroatoms. The number of hydrogen-bond acceptors (Lipinski definition) is 9. The molecule has 1 aliphatic carbocycles. The summed E-state index contributed by atoms with van der Waals surface area (Å²) in [5.74, 6) is 0.684.